The molecule has 1 fully saturated rings. The Bertz CT molecular complexity index is 218. The fourth-order valence-corrected chi connectivity index (χ4v) is 1.93. The van der Waals surface area contributed by atoms with E-state index in [2.05, 4.69) is 30.4 Å². The molecule has 1 unspecified atom stereocenters. The van der Waals surface area contributed by atoms with E-state index < -0.39 is 0 Å². The van der Waals surface area contributed by atoms with Crippen LogP contribution in [0.5, 0.6) is 0 Å². The van der Waals surface area contributed by atoms with Gasteiger partial charge in [0.2, 0.25) is 0 Å². The molecule has 1 atom stereocenters. The predicted molar refractivity (Wildman–Crippen MR) is 48.3 cm³/mol. The minimum absolute atomic E-state index is 0.763. The van der Waals surface area contributed by atoms with Crippen molar-refractivity contribution < 1.29 is 0 Å². The molecule has 0 heteroatoms. The molecule has 0 aromatic carbocycles. The van der Waals surface area contributed by atoms with E-state index in [1.807, 2.05) is 0 Å². The third-order valence-corrected chi connectivity index (χ3v) is 2.58. The molecule has 0 radical (unpaired) electrons. The average Bonchev–Trinajstić information content (AvgIpc) is 2.28. The van der Waals surface area contributed by atoms with Crippen molar-refractivity contribution >= 4 is 0 Å². The van der Waals surface area contributed by atoms with E-state index in [1.54, 1.807) is 5.57 Å². The summed E-state index contributed by atoms with van der Waals surface area (Å²) in [6.45, 7) is 0. The van der Waals surface area contributed by atoms with Crippen LogP contribution in [-0.2, 0) is 0 Å². The van der Waals surface area contributed by atoms with Gasteiger partial charge < -0.3 is 0 Å². The first kappa shape index (κ1) is 6.90. The lowest BCUT2D eigenvalue weighted by molar-refractivity contribution is 0.520. The van der Waals surface area contributed by atoms with E-state index in [0.717, 1.165) is 5.92 Å². The van der Waals surface area contributed by atoms with Crippen molar-refractivity contribution in [2.75, 3.05) is 0 Å². The Morgan fingerprint density at radius 1 is 1.09 bits per heavy atom. The summed E-state index contributed by atoms with van der Waals surface area (Å²) in [4.78, 5) is 0. The Hall–Kier alpha value is -0.780. The van der Waals surface area contributed by atoms with Gasteiger partial charge in [-0.25, -0.2) is 0 Å². The Balaban J connectivity index is 2.21. The monoisotopic (exact) mass is 146 g/mol. The second kappa shape index (κ2) is 3.08. The molecule has 11 heavy (non-hydrogen) atoms. The standard InChI is InChI=1S/C11H14/c1-2-6-10-8-4-5-9-11(10)7-3-1/h1-3,6-7,10H,4-5,8-9H2. The van der Waals surface area contributed by atoms with Gasteiger partial charge in [0.1, 0.15) is 0 Å². The summed E-state index contributed by atoms with van der Waals surface area (Å²) >= 11 is 0. The molecule has 0 nitrogen and oxygen atoms in total. The highest BCUT2D eigenvalue weighted by atomic mass is 14.2. The van der Waals surface area contributed by atoms with Crippen molar-refractivity contribution in [2.45, 2.75) is 25.7 Å². The molecular formula is C11H14. The largest absolute Gasteiger partial charge is 0.0773 e. The van der Waals surface area contributed by atoms with Gasteiger partial charge in [0.05, 0.1) is 0 Å². The zero-order valence-electron chi connectivity index (χ0n) is 6.79. The van der Waals surface area contributed by atoms with Gasteiger partial charge in [0.25, 0.3) is 0 Å². The van der Waals surface area contributed by atoms with Crippen molar-refractivity contribution in [3.8, 4) is 0 Å². The third kappa shape index (κ3) is 1.45. The highest BCUT2D eigenvalue weighted by Crippen LogP contribution is 2.31. The van der Waals surface area contributed by atoms with Crippen LogP contribution in [0.2, 0.25) is 0 Å². The van der Waals surface area contributed by atoms with E-state index in [4.69, 9.17) is 0 Å². The van der Waals surface area contributed by atoms with Crippen molar-refractivity contribution in [3.05, 3.63) is 36.0 Å². The lowest BCUT2D eigenvalue weighted by Crippen LogP contribution is -2.06. The Labute approximate surface area is 68.3 Å². The smallest absolute Gasteiger partial charge is 0.00170 e. The lowest BCUT2D eigenvalue weighted by Gasteiger charge is -2.21. The number of rotatable bonds is 0. The normalized spacial score (nSPS) is 29.1. The van der Waals surface area contributed by atoms with Gasteiger partial charge in [0.15, 0.2) is 0 Å². The molecule has 0 heterocycles. The molecular weight excluding hydrogens is 132 g/mol. The van der Waals surface area contributed by atoms with Gasteiger partial charge in [-0.3, -0.25) is 0 Å². The first-order valence-electron chi connectivity index (χ1n) is 4.51. The minimum atomic E-state index is 0.763. The Morgan fingerprint density at radius 2 is 2.09 bits per heavy atom. The van der Waals surface area contributed by atoms with Gasteiger partial charge in [0, 0.05) is 0 Å². The second-order valence-corrected chi connectivity index (χ2v) is 3.36. The van der Waals surface area contributed by atoms with E-state index in [9.17, 15) is 0 Å². The van der Waals surface area contributed by atoms with Crippen LogP contribution in [0, 0.1) is 5.92 Å². The molecule has 0 bridgehead atoms. The fourth-order valence-electron chi connectivity index (χ4n) is 1.93. The molecule has 0 aromatic heterocycles. The van der Waals surface area contributed by atoms with Crippen molar-refractivity contribution in [3.63, 3.8) is 0 Å². The molecule has 2 aliphatic carbocycles. The number of fused-ring (bicyclic) bond motifs is 1. The second-order valence-electron chi connectivity index (χ2n) is 3.36. The zero-order chi connectivity index (χ0) is 7.52. The molecule has 2 aliphatic rings. The van der Waals surface area contributed by atoms with E-state index in [-0.39, 0.29) is 0 Å². The van der Waals surface area contributed by atoms with E-state index in [1.165, 1.54) is 25.7 Å². The first-order valence-corrected chi connectivity index (χ1v) is 4.51. The van der Waals surface area contributed by atoms with Gasteiger partial charge in [-0.1, -0.05) is 42.4 Å². The van der Waals surface area contributed by atoms with Crippen LogP contribution in [0.15, 0.2) is 36.0 Å². The predicted octanol–water partition coefficient (Wildman–Crippen LogP) is 3.23. The molecule has 58 valence electrons. The molecule has 0 aromatic rings. The molecule has 2 rings (SSSR count). The zero-order valence-corrected chi connectivity index (χ0v) is 6.79. The Kier molecular flexibility index (Phi) is 1.93. The highest BCUT2D eigenvalue weighted by Gasteiger charge is 2.15. The van der Waals surface area contributed by atoms with Crippen LogP contribution >= 0.6 is 0 Å². The summed E-state index contributed by atoms with van der Waals surface area (Å²) in [5.74, 6) is 0.763. The van der Waals surface area contributed by atoms with Gasteiger partial charge in [-0.15, -0.1) is 0 Å². The van der Waals surface area contributed by atoms with Crippen LogP contribution in [0.4, 0.5) is 0 Å². The SMILES string of the molecule is C1=CC=C2CCCCC2C=C1. The summed E-state index contributed by atoms with van der Waals surface area (Å²) in [5, 5.41) is 0. The molecule has 0 aliphatic heterocycles. The van der Waals surface area contributed by atoms with E-state index in [0.29, 0.717) is 0 Å². The van der Waals surface area contributed by atoms with Crippen molar-refractivity contribution in [2.24, 2.45) is 5.92 Å². The van der Waals surface area contributed by atoms with Crippen molar-refractivity contribution in [1.29, 1.82) is 0 Å². The summed E-state index contributed by atoms with van der Waals surface area (Å²) < 4.78 is 0. The van der Waals surface area contributed by atoms with Crippen LogP contribution < -0.4 is 0 Å². The maximum Gasteiger partial charge on any atom is -0.00170 e. The van der Waals surface area contributed by atoms with Gasteiger partial charge >= 0.3 is 0 Å². The fraction of sp³-hybridized carbons (Fsp3) is 0.455. The Morgan fingerprint density at radius 3 is 3.09 bits per heavy atom. The topological polar surface area (TPSA) is 0 Å². The molecule has 0 amide bonds. The molecule has 0 N–H and O–H groups in total. The number of hydrogen-bond donors (Lipinski definition) is 0. The number of hydrogen-bond acceptors (Lipinski definition) is 0. The van der Waals surface area contributed by atoms with Crippen molar-refractivity contribution in [1.82, 2.24) is 0 Å². The maximum atomic E-state index is 2.34. The molecule has 1 saturated carbocycles. The van der Waals surface area contributed by atoms with Gasteiger partial charge in [-0.05, 0) is 25.2 Å². The van der Waals surface area contributed by atoms with Crippen LogP contribution in [0.1, 0.15) is 25.7 Å². The quantitative estimate of drug-likeness (QED) is 0.492. The molecule has 0 saturated heterocycles. The minimum Gasteiger partial charge on any atom is -0.0773 e. The maximum absolute atomic E-state index is 2.34. The van der Waals surface area contributed by atoms with Crippen LogP contribution in [0.25, 0.3) is 0 Å². The number of allylic oxidation sites excluding steroid dienone is 6. The highest BCUT2D eigenvalue weighted by molar-refractivity contribution is 5.27. The third-order valence-electron chi connectivity index (χ3n) is 2.58. The van der Waals surface area contributed by atoms with Gasteiger partial charge in [-0.2, -0.15) is 0 Å². The summed E-state index contributed by atoms with van der Waals surface area (Å²) in [5.41, 5.74) is 1.64. The lowest BCUT2D eigenvalue weighted by atomic mass is 9.84. The van der Waals surface area contributed by atoms with Crippen LogP contribution in [0.3, 0.4) is 0 Å². The van der Waals surface area contributed by atoms with Crippen LogP contribution in [-0.4, -0.2) is 0 Å². The summed E-state index contributed by atoms with van der Waals surface area (Å²) in [7, 11) is 0. The summed E-state index contributed by atoms with van der Waals surface area (Å²) in [6, 6.07) is 0. The average molecular weight is 146 g/mol. The van der Waals surface area contributed by atoms with E-state index >= 15 is 0 Å². The first-order chi connectivity index (χ1) is 5.47. The molecule has 0 spiro atoms. The summed E-state index contributed by atoms with van der Waals surface area (Å²) in [6.07, 6.45) is 16.6.